The molecule has 1 unspecified atom stereocenters. The van der Waals surface area contributed by atoms with Gasteiger partial charge in [-0.05, 0) is 17.5 Å². The Hall–Kier alpha value is -2.83. The molecule has 0 bridgehead atoms. The van der Waals surface area contributed by atoms with Crippen LogP contribution < -0.4 is 4.74 Å². The lowest BCUT2D eigenvalue weighted by Gasteiger charge is -2.31. The van der Waals surface area contributed by atoms with E-state index < -0.39 is 34.9 Å². The second-order valence-corrected chi connectivity index (χ2v) is 10.1. The molecule has 2 aromatic heterocycles. The number of benzene rings is 1. The molecular formula is C24H29ClN4O7. The Kier molecular flexibility index (Phi) is 7.48. The Labute approximate surface area is 212 Å². The minimum absolute atomic E-state index is 0.0472. The minimum Gasteiger partial charge on any atom is -0.497 e. The van der Waals surface area contributed by atoms with Gasteiger partial charge in [0.2, 0.25) is 0 Å². The molecule has 0 saturated carbocycles. The SMILES string of the molecule is COc1ccc([N+](=O)[O-])c([C@@H](OCc2cn([C@H]3CC(O)[C@@H](CO)O3)c3ncnc(Cl)c23)C(C)(C)C)c1. The maximum absolute atomic E-state index is 11.8. The lowest BCUT2D eigenvalue weighted by atomic mass is 9.83. The highest BCUT2D eigenvalue weighted by Gasteiger charge is 2.37. The van der Waals surface area contributed by atoms with Crippen molar-refractivity contribution in [3.63, 3.8) is 0 Å². The van der Waals surface area contributed by atoms with Crippen LogP contribution in [0.1, 0.15) is 50.7 Å². The van der Waals surface area contributed by atoms with Gasteiger partial charge in [-0.15, -0.1) is 0 Å². The first-order chi connectivity index (χ1) is 17.0. The third kappa shape index (κ3) is 5.02. The van der Waals surface area contributed by atoms with Crippen LogP contribution >= 0.6 is 11.6 Å². The number of methoxy groups -OCH3 is 1. The number of aliphatic hydroxyl groups is 2. The number of aromatic nitrogens is 3. The van der Waals surface area contributed by atoms with Crippen molar-refractivity contribution in [2.75, 3.05) is 13.7 Å². The number of ether oxygens (including phenoxy) is 3. The fourth-order valence-electron chi connectivity index (χ4n) is 4.52. The van der Waals surface area contributed by atoms with Crippen molar-refractivity contribution in [3.05, 3.63) is 57.1 Å². The van der Waals surface area contributed by atoms with Crippen molar-refractivity contribution in [3.8, 4) is 5.75 Å². The van der Waals surface area contributed by atoms with Crippen LogP contribution in [0.4, 0.5) is 5.69 Å². The van der Waals surface area contributed by atoms with E-state index in [0.29, 0.717) is 27.9 Å². The number of halogens is 1. The molecule has 4 rings (SSSR count). The summed E-state index contributed by atoms with van der Waals surface area (Å²) in [6.07, 6.45) is 0.588. The maximum atomic E-state index is 11.8. The van der Waals surface area contributed by atoms with Crippen LogP contribution in [-0.4, -0.2) is 55.6 Å². The largest absolute Gasteiger partial charge is 0.497 e. The van der Waals surface area contributed by atoms with E-state index in [2.05, 4.69) is 9.97 Å². The van der Waals surface area contributed by atoms with E-state index in [1.54, 1.807) is 22.9 Å². The third-order valence-corrected chi connectivity index (χ3v) is 6.53. The fourth-order valence-corrected chi connectivity index (χ4v) is 4.76. The Morgan fingerprint density at radius 2 is 2.11 bits per heavy atom. The molecule has 4 atom stereocenters. The normalized spacial score (nSPS) is 21.1. The number of nitrogens with zero attached hydrogens (tertiary/aromatic N) is 4. The fraction of sp³-hybridized carbons (Fsp3) is 0.500. The van der Waals surface area contributed by atoms with Gasteiger partial charge in [0.15, 0.2) is 0 Å². The number of aliphatic hydroxyl groups excluding tert-OH is 2. The first-order valence-corrected chi connectivity index (χ1v) is 11.8. The van der Waals surface area contributed by atoms with Gasteiger partial charge in [0, 0.05) is 24.2 Å². The van der Waals surface area contributed by atoms with Crippen LogP contribution in [-0.2, 0) is 16.1 Å². The molecule has 1 aliphatic rings. The van der Waals surface area contributed by atoms with Crippen molar-refractivity contribution in [2.24, 2.45) is 5.41 Å². The molecule has 3 aromatic rings. The molecule has 1 aromatic carbocycles. The number of fused-ring (bicyclic) bond motifs is 1. The van der Waals surface area contributed by atoms with Crippen LogP contribution in [0, 0.1) is 15.5 Å². The molecule has 0 aliphatic carbocycles. The van der Waals surface area contributed by atoms with Crippen LogP contribution in [0.3, 0.4) is 0 Å². The highest BCUT2D eigenvalue weighted by molar-refractivity contribution is 6.34. The average Bonchev–Trinajstić information content (AvgIpc) is 3.38. The summed E-state index contributed by atoms with van der Waals surface area (Å²) in [6, 6.07) is 4.57. The van der Waals surface area contributed by atoms with Crippen LogP contribution in [0.2, 0.25) is 5.15 Å². The predicted molar refractivity (Wildman–Crippen MR) is 131 cm³/mol. The van der Waals surface area contributed by atoms with Gasteiger partial charge in [-0.25, -0.2) is 9.97 Å². The topological polar surface area (TPSA) is 142 Å². The molecule has 0 radical (unpaired) electrons. The predicted octanol–water partition coefficient (Wildman–Crippen LogP) is 3.95. The van der Waals surface area contributed by atoms with Crippen LogP contribution in [0.25, 0.3) is 11.0 Å². The number of hydrogen-bond donors (Lipinski definition) is 2. The summed E-state index contributed by atoms with van der Waals surface area (Å²) in [5.74, 6) is 0.483. The van der Waals surface area contributed by atoms with Gasteiger partial charge in [-0.1, -0.05) is 32.4 Å². The lowest BCUT2D eigenvalue weighted by molar-refractivity contribution is -0.386. The summed E-state index contributed by atoms with van der Waals surface area (Å²) in [5, 5.41) is 32.3. The molecule has 2 N–H and O–H groups in total. The van der Waals surface area contributed by atoms with Gasteiger partial charge < -0.3 is 29.0 Å². The molecule has 3 heterocycles. The van der Waals surface area contributed by atoms with E-state index in [1.807, 2.05) is 20.8 Å². The lowest BCUT2D eigenvalue weighted by Crippen LogP contribution is -2.24. The monoisotopic (exact) mass is 520 g/mol. The van der Waals surface area contributed by atoms with Crippen molar-refractivity contribution in [1.82, 2.24) is 14.5 Å². The van der Waals surface area contributed by atoms with E-state index in [9.17, 15) is 20.3 Å². The zero-order chi connectivity index (χ0) is 26.2. The van der Waals surface area contributed by atoms with E-state index in [0.717, 1.165) is 0 Å². The first-order valence-electron chi connectivity index (χ1n) is 11.4. The molecule has 12 heteroatoms. The van der Waals surface area contributed by atoms with Crippen molar-refractivity contribution in [1.29, 1.82) is 0 Å². The third-order valence-electron chi connectivity index (χ3n) is 6.24. The minimum atomic E-state index is -0.826. The van der Waals surface area contributed by atoms with Crippen LogP contribution in [0.15, 0.2) is 30.7 Å². The molecule has 36 heavy (non-hydrogen) atoms. The molecule has 194 valence electrons. The highest BCUT2D eigenvalue weighted by Crippen LogP contribution is 2.43. The number of hydrogen-bond acceptors (Lipinski definition) is 9. The smallest absolute Gasteiger partial charge is 0.275 e. The molecule has 1 fully saturated rings. The number of nitro benzene ring substituents is 1. The van der Waals surface area contributed by atoms with Gasteiger partial charge in [0.1, 0.15) is 35.2 Å². The summed E-state index contributed by atoms with van der Waals surface area (Å²) in [7, 11) is 1.50. The zero-order valence-electron chi connectivity index (χ0n) is 20.4. The quantitative estimate of drug-likeness (QED) is 0.256. The van der Waals surface area contributed by atoms with Crippen LogP contribution in [0.5, 0.6) is 5.75 Å². The summed E-state index contributed by atoms with van der Waals surface area (Å²) in [4.78, 5) is 19.8. The Bertz CT molecular complexity index is 1260. The van der Waals surface area contributed by atoms with Gasteiger partial charge >= 0.3 is 0 Å². The molecule has 1 saturated heterocycles. The molecule has 0 amide bonds. The highest BCUT2D eigenvalue weighted by atomic mass is 35.5. The molecular weight excluding hydrogens is 492 g/mol. The Morgan fingerprint density at radius 3 is 2.72 bits per heavy atom. The molecule has 1 aliphatic heterocycles. The van der Waals surface area contributed by atoms with Gasteiger partial charge in [-0.3, -0.25) is 10.1 Å². The summed E-state index contributed by atoms with van der Waals surface area (Å²) in [5.41, 5.74) is 0.960. The summed E-state index contributed by atoms with van der Waals surface area (Å²) >= 11 is 6.44. The van der Waals surface area contributed by atoms with E-state index >= 15 is 0 Å². The zero-order valence-corrected chi connectivity index (χ0v) is 21.2. The van der Waals surface area contributed by atoms with Gasteiger partial charge in [0.05, 0.1) is 48.4 Å². The van der Waals surface area contributed by atoms with Gasteiger partial charge in [-0.2, -0.15) is 0 Å². The maximum Gasteiger partial charge on any atom is 0.275 e. The van der Waals surface area contributed by atoms with E-state index in [4.69, 9.17) is 25.8 Å². The number of rotatable bonds is 8. The second-order valence-electron chi connectivity index (χ2n) is 9.78. The summed E-state index contributed by atoms with van der Waals surface area (Å²) in [6.45, 7) is 5.54. The van der Waals surface area contributed by atoms with Crippen molar-refractivity contribution >= 4 is 28.3 Å². The Morgan fingerprint density at radius 1 is 1.36 bits per heavy atom. The number of nitro groups is 1. The molecule has 0 spiro atoms. The molecule has 11 nitrogen and oxygen atoms in total. The van der Waals surface area contributed by atoms with E-state index in [-0.39, 0.29) is 30.5 Å². The average molecular weight is 521 g/mol. The summed E-state index contributed by atoms with van der Waals surface area (Å²) < 4.78 is 19.2. The Balaban J connectivity index is 1.72. The first kappa shape index (κ1) is 26.2. The second kappa shape index (κ2) is 10.3. The van der Waals surface area contributed by atoms with Gasteiger partial charge in [0.25, 0.3) is 5.69 Å². The van der Waals surface area contributed by atoms with E-state index in [1.165, 1.54) is 19.5 Å². The van der Waals surface area contributed by atoms with Crippen molar-refractivity contribution in [2.45, 2.75) is 58.3 Å². The standard InChI is InChI=1S/C24H29ClN4O7/c1-24(2,3)21(15-7-14(34-4)5-6-16(15)29(32)33)35-11-13-9-28(19-8-17(31)18(10-30)36-19)23-20(13)22(25)26-12-27-23/h5-7,9,12,17-19,21,30-31H,8,10-11H2,1-4H3/t17?,18-,19-,21-/m1/s1. The van der Waals surface area contributed by atoms with Crippen molar-refractivity contribution < 1.29 is 29.3 Å².